The summed E-state index contributed by atoms with van der Waals surface area (Å²) in [6, 6.07) is 17.2. The van der Waals surface area contributed by atoms with E-state index in [-0.39, 0.29) is 11.8 Å². The molecule has 2 atom stereocenters. The molecule has 1 unspecified atom stereocenters. The second-order valence-corrected chi connectivity index (χ2v) is 9.70. The van der Waals surface area contributed by atoms with Crippen LogP contribution in [0, 0.1) is 5.92 Å². The molecule has 5 rings (SSSR count). The molecule has 2 aromatic rings. The van der Waals surface area contributed by atoms with Crippen LogP contribution < -0.4 is 10.4 Å². The number of alkyl halides is 3. The third kappa shape index (κ3) is 5.99. The van der Waals surface area contributed by atoms with E-state index in [0.717, 1.165) is 25.9 Å². The summed E-state index contributed by atoms with van der Waals surface area (Å²) >= 11 is 0. The number of nitrogens with zero attached hydrogens (tertiary/aromatic N) is 1. The first-order chi connectivity index (χ1) is 17.8. The van der Waals surface area contributed by atoms with Gasteiger partial charge in [-0.15, -0.1) is 0 Å². The molecule has 8 nitrogen and oxygen atoms in total. The number of carboxylic acids is 1. The highest BCUT2D eigenvalue weighted by atomic mass is 19.4. The average molecular weight is 537 g/mol. The molecule has 2 bridgehead atoms. The van der Waals surface area contributed by atoms with Gasteiger partial charge < -0.3 is 29.5 Å². The molecule has 38 heavy (non-hydrogen) atoms. The number of likely N-dealkylation sites (N-methyl/N-ethyl adjacent to an activating group) is 2. The number of piperidine rings is 3. The Balaban J connectivity index is 0.000000505. The number of aliphatic hydroxyl groups is 1. The van der Waals surface area contributed by atoms with E-state index in [0.29, 0.717) is 22.2 Å². The Morgan fingerprint density at radius 3 is 1.84 bits per heavy atom. The van der Waals surface area contributed by atoms with Crippen molar-refractivity contribution in [2.45, 2.75) is 43.7 Å². The molecule has 0 aromatic heterocycles. The lowest BCUT2D eigenvalue weighted by Gasteiger charge is -2.54. The van der Waals surface area contributed by atoms with E-state index >= 15 is 0 Å². The predicted octanol–water partition coefficient (Wildman–Crippen LogP) is 1.51. The zero-order valence-corrected chi connectivity index (χ0v) is 21.1. The molecule has 0 saturated carbocycles. The first kappa shape index (κ1) is 29.1. The highest BCUT2D eigenvalue weighted by molar-refractivity contribution is 5.87. The van der Waals surface area contributed by atoms with Crippen LogP contribution in [0.3, 0.4) is 0 Å². The fourth-order valence-electron chi connectivity index (χ4n) is 5.24. The van der Waals surface area contributed by atoms with Gasteiger partial charge in [-0.2, -0.15) is 13.2 Å². The van der Waals surface area contributed by atoms with E-state index < -0.39 is 35.9 Å². The Bertz CT molecular complexity index is 1080. The summed E-state index contributed by atoms with van der Waals surface area (Å²) in [7, 11) is 2.07. The van der Waals surface area contributed by atoms with Crippen molar-refractivity contribution in [3.8, 4) is 0 Å². The fourth-order valence-corrected chi connectivity index (χ4v) is 5.24. The van der Waals surface area contributed by atoms with E-state index in [1.54, 1.807) is 48.5 Å². The van der Waals surface area contributed by atoms with Crippen LogP contribution in [0.5, 0.6) is 0 Å². The van der Waals surface area contributed by atoms with Gasteiger partial charge in [-0.1, -0.05) is 60.7 Å². The molecule has 2 aromatic carbocycles. The third-order valence-electron chi connectivity index (χ3n) is 7.24. The van der Waals surface area contributed by atoms with Crippen molar-refractivity contribution in [2.24, 2.45) is 5.92 Å². The molecule has 0 radical (unpaired) electrons. The molecule has 11 heteroatoms. The quantitative estimate of drug-likeness (QED) is 0.427. The number of fused-ring (bicyclic) bond motifs is 3. The number of hydrogen-bond acceptors (Lipinski definition) is 6. The van der Waals surface area contributed by atoms with E-state index in [1.165, 1.54) is 0 Å². The van der Waals surface area contributed by atoms with Gasteiger partial charge in [0.25, 0.3) is 5.91 Å². The van der Waals surface area contributed by atoms with Crippen molar-refractivity contribution in [2.75, 3.05) is 26.7 Å². The highest BCUT2D eigenvalue weighted by Gasteiger charge is 2.58. The van der Waals surface area contributed by atoms with Crippen LogP contribution in [0.25, 0.3) is 0 Å². The number of carbonyl (C=O) groups is 3. The van der Waals surface area contributed by atoms with Gasteiger partial charge >= 0.3 is 12.1 Å². The number of benzene rings is 2. The van der Waals surface area contributed by atoms with E-state index in [9.17, 15) is 27.9 Å². The average Bonchev–Trinajstić information content (AvgIpc) is 2.89. The molecule has 3 saturated heterocycles. The number of nitrogens with one attached hydrogen (secondary N) is 1. The van der Waals surface area contributed by atoms with E-state index in [4.69, 9.17) is 14.6 Å². The van der Waals surface area contributed by atoms with Crippen LogP contribution in [0.15, 0.2) is 60.7 Å². The molecule has 1 amide bonds. The van der Waals surface area contributed by atoms with Crippen LogP contribution in [0.2, 0.25) is 0 Å². The Hall–Kier alpha value is -3.44. The molecular formula is C27H31F3N2O6. The van der Waals surface area contributed by atoms with Gasteiger partial charge in [-0.3, -0.25) is 4.79 Å². The SMILES string of the molecule is CCNC(=O)C1[C@H](OC(=O)C(O)(c2ccccc2)c2ccccc2)C2CC[N+]1(C)CC2.O=C([O-])C(F)(F)F. The lowest BCUT2D eigenvalue weighted by molar-refractivity contribution is -0.943. The summed E-state index contributed by atoms with van der Waals surface area (Å²) in [4.78, 5) is 35.4. The smallest absolute Gasteiger partial charge is 0.430 e. The number of rotatable bonds is 6. The van der Waals surface area contributed by atoms with Gasteiger partial charge in [0.15, 0.2) is 6.10 Å². The molecule has 2 N–H and O–H groups in total. The first-order valence-corrected chi connectivity index (χ1v) is 12.3. The lowest BCUT2D eigenvalue weighted by atomic mass is 9.77. The molecule has 3 aliphatic rings. The van der Waals surface area contributed by atoms with Gasteiger partial charge in [0.1, 0.15) is 5.97 Å². The maximum atomic E-state index is 13.6. The minimum Gasteiger partial charge on any atom is -0.542 e. The summed E-state index contributed by atoms with van der Waals surface area (Å²) in [5.74, 6) is -3.71. The van der Waals surface area contributed by atoms with Gasteiger partial charge in [0.05, 0.1) is 20.1 Å². The zero-order valence-electron chi connectivity index (χ0n) is 21.1. The Morgan fingerprint density at radius 2 is 1.45 bits per heavy atom. The standard InChI is InChI=1S/C25H30N2O4.C2HF3O2/c1-3-26-23(28)21-22(18-14-16-27(21,2)17-15-18)31-24(29)25(30,19-10-6-4-7-11-19)20-12-8-5-9-13-20;3-2(4,5)1(6)7/h4-13,18,21-22,30H,3,14-17H2,1-2H3;(H,6,7)/t18?,21?,22-,27?;/m1./s1. The summed E-state index contributed by atoms with van der Waals surface area (Å²) < 4.78 is 38.2. The number of quaternary nitrogens is 1. The number of hydrogen-bond donors (Lipinski definition) is 2. The molecule has 0 spiro atoms. The number of amides is 1. The lowest BCUT2D eigenvalue weighted by Crippen LogP contribution is -2.73. The third-order valence-corrected chi connectivity index (χ3v) is 7.24. The normalized spacial score (nSPS) is 24.5. The number of aliphatic carboxylic acids is 1. The van der Waals surface area contributed by atoms with Crippen LogP contribution in [-0.2, 0) is 24.7 Å². The summed E-state index contributed by atoms with van der Waals surface area (Å²) in [6.45, 7) is 4.20. The highest BCUT2D eigenvalue weighted by Crippen LogP contribution is 2.41. The Kier molecular flexibility index (Phi) is 8.83. The monoisotopic (exact) mass is 536 g/mol. The summed E-state index contributed by atoms with van der Waals surface area (Å²) in [5.41, 5.74) is -1.05. The number of carbonyl (C=O) groups excluding carboxylic acids is 3. The second-order valence-electron chi connectivity index (χ2n) is 9.70. The molecule has 3 heterocycles. The second kappa shape index (κ2) is 11.5. The van der Waals surface area contributed by atoms with Crippen molar-refractivity contribution in [1.82, 2.24) is 5.32 Å². The van der Waals surface area contributed by atoms with Crippen LogP contribution in [0.1, 0.15) is 30.9 Å². The minimum atomic E-state index is -5.19. The van der Waals surface area contributed by atoms with Crippen LogP contribution in [0.4, 0.5) is 13.2 Å². The van der Waals surface area contributed by atoms with Crippen molar-refractivity contribution in [3.63, 3.8) is 0 Å². The van der Waals surface area contributed by atoms with Crippen LogP contribution in [-0.4, -0.2) is 72.4 Å². The number of halogens is 3. The minimum absolute atomic E-state index is 0.0878. The predicted molar refractivity (Wildman–Crippen MR) is 128 cm³/mol. The molecule has 3 fully saturated rings. The Morgan fingerprint density at radius 1 is 1.00 bits per heavy atom. The van der Waals surface area contributed by atoms with Gasteiger partial charge in [-0.05, 0) is 18.1 Å². The van der Waals surface area contributed by atoms with E-state index in [2.05, 4.69) is 12.4 Å². The number of ether oxygens (including phenoxy) is 1. The van der Waals surface area contributed by atoms with Crippen molar-refractivity contribution in [1.29, 1.82) is 0 Å². The Labute approximate surface area is 218 Å². The van der Waals surface area contributed by atoms with Crippen molar-refractivity contribution >= 4 is 17.8 Å². The van der Waals surface area contributed by atoms with Crippen molar-refractivity contribution < 1.29 is 47.0 Å². The van der Waals surface area contributed by atoms with Gasteiger partial charge in [0.2, 0.25) is 11.6 Å². The van der Waals surface area contributed by atoms with Gasteiger partial charge in [0, 0.05) is 25.3 Å². The maximum absolute atomic E-state index is 13.6. The largest absolute Gasteiger partial charge is 0.542 e. The first-order valence-electron chi connectivity index (χ1n) is 12.3. The zero-order chi connectivity index (χ0) is 28.1. The van der Waals surface area contributed by atoms with Gasteiger partial charge in [-0.25, -0.2) is 4.79 Å². The number of carboxylic acid groups (broad SMARTS) is 1. The molecule has 0 aliphatic carbocycles. The van der Waals surface area contributed by atoms with E-state index in [1.807, 2.05) is 19.1 Å². The van der Waals surface area contributed by atoms with Crippen molar-refractivity contribution in [3.05, 3.63) is 71.8 Å². The molecular weight excluding hydrogens is 505 g/mol. The molecule has 3 aliphatic heterocycles. The topological polar surface area (TPSA) is 116 Å². The number of esters is 1. The molecule has 206 valence electrons. The fraction of sp³-hybridized carbons (Fsp3) is 0.444. The van der Waals surface area contributed by atoms with Crippen LogP contribution >= 0.6 is 0 Å². The maximum Gasteiger partial charge on any atom is 0.430 e. The summed E-state index contributed by atoms with van der Waals surface area (Å²) in [5, 5.41) is 23.4. The summed E-state index contributed by atoms with van der Waals surface area (Å²) in [6.07, 6.45) is -3.95.